The van der Waals surface area contributed by atoms with Gasteiger partial charge in [-0.15, -0.1) is 0 Å². The second kappa shape index (κ2) is 10.8. The van der Waals surface area contributed by atoms with Crippen molar-refractivity contribution in [1.82, 2.24) is 19.7 Å². The summed E-state index contributed by atoms with van der Waals surface area (Å²) in [7, 11) is 0. The zero-order valence-electron chi connectivity index (χ0n) is 22.0. The first kappa shape index (κ1) is 25.1. The molecule has 1 aliphatic carbocycles. The number of rotatable bonds is 6. The number of hydrogen-bond donors (Lipinski definition) is 1. The van der Waals surface area contributed by atoms with Crippen LogP contribution in [-0.2, 0) is 11.3 Å². The largest absolute Gasteiger partial charge is 0.463 e. The molecule has 5 rings (SSSR count). The number of likely N-dealkylation sites (tertiary alicyclic amines) is 1. The molecule has 1 saturated carbocycles. The lowest BCUT2D eigenvalue weighted by atomic mass is 9.92. The van der Waals surface area contributed by atoms with Crippen LogP contribution in [0, 0.1) is 0 Å². The van der Waals surface area contributed by atoms with E-state index in [2.05, 4.69) is 17.1 Å². The molecule has 7 nitrogen and oxygen atoms in total. The molecule has 0 aromatic carbocycles. The van der Waals surface area contributed by atoms with Crippen molar-refractivity contribution in [3.63, 3.8) is 0 Å². The summed E-state index contributed by atoms with van der Waals surface area (Å²) in [6.45, 7) is 7.07. The summed E-state index contributed by atoms with van der Waals surface area (Å²) in [6.07, 6.45) is 13.4. The summed E-state index contributed by atoms with van der Waals surface area (Å²) in [4.78, 5) is 32.3. The number of carbonyl (C=O) groups is 2. The molecule has 2 atom stereocenters. The van der Waals surface area contributed by atoms with Crippen molar-refractivity contribution in [2.75, 3.05) is 19.6 Å². The van der Waals surface area contributed by atoms with Gasteiger partial charge in [0.25, 0.3) is 5.91 Å². The Kier molecular flexibility index (Phi) is 7.56. The first-order valence-corrected chi connectivity index (χ1v) is 14.1. The van der Waals surface area contributed by atoms with Gasteiger partial charge in [-0.2, -0.15) is 0 Å². The molecule has 2 aromatic rings. The third kappa shape index (κ3) is 4.99. The van der Waals surface area contributed by atoms with Gasteiger partial charge in [0.2, 0.25) is 5.91 Å². The Bertz CT molecular complexity index is 1040. The average molecular weight is 495 g/mol. The highest BCUT2D eigenvalue weighted by Gasteiger charge is 2.48. The first-order chi connectivity index (χ1) is 17.5. The average Bonchev–Trinajstić information content (AvgIpc) is 3.51. The Labute approximate surface area is 215 Å². The molecule has 1 N–H and O–H groups in total. The second-order valence-electron chi connectivity index (χ2n) is 11.3. The van der Waals surface area contributed by atoms with Crippen LogP contribution in [-0.4, -0.2) is 63.4 Å². The van der Waals surface area contributed by atoms with Crippen LogP contribution in [0.2, 0.25) is 0 Å². The van der Waals surface area contributed by atoms with Crippen LogP contribution in [0.1, 0.15) is 88.5 Å². The lowest BCUT2D eigenvalue weighted by Crippen LogP contribution is -2.66. The van der Waals surface area contributed by atoms with Gasteiger partial charge in [-0.3, -0.25) is 14.5 Å². The van der Waals surface area contributed by atoms with Crippen molar-refractivity contribution in [3.05, 3.63) is 36.2 Å². The van der Waals surface area contributed by atoms with Crippen LogP contribution in [0.3, 0.4) is 0 Å². The minimum atomic E-state index is -0.966. The zero-order valence-corrected chi connectivity index (χ0v) is 22.0. The number of aromatic nitrogens is 1. The minimum absolute atomic E-state index is 0.0298. The smallest absolute Gasteiger partial charge is 0.271 e. The van der Waals surface area contributed by atoms with E-state index < -0.39 is 5.54 Å². The van der Waals surface area contributed by atoms with E-state index in [-0.39, 0.29) is 17.9 Å². The lowest BCUT2D eigenvalue weighted by Gasteiger charge is -2.46. The minimum Gasteiger partial charge on any atom is -0.463 e. The summed E-state index contributed by atoms with van der Waals surface area (Å²) >= 11 is 0. The van der Waals surface area contributed by atoms with Crippen molar-refractivity contribution in [3.8, 4) is 11.5 Å². The maximum atomic E-state index is 14.0. The number of fused-ring (bicyclic) bond motifs is 1. The molecule has 3 aliphatic rings. The molecule has 4 heterocycles. The van der Waals surface area contributed by atoms with Gasteiger partial charge in [-0.25, -0.2) is 0 Å². The molecule has 2 aromatic heterocycles. The van der Waals surface area contributed by atoms with Gasteiger partial charge >= 0.3 is 0 Å². The van der Waals surface area contributed by atoms with Crippen LogP contribution in [0.4, 0.5) is 0 Å². The van der Waals surface area contributed by atoms with Crippen LogP contribution >= 0.6 is 0 Å². The summed E-state index contributed by atoms with van der Waals surface area (Å²) in [6, 6.07) is 8.28. The number of piperidine rings is 1. The summed E-state index contributed by atoms with van der Waals surface area (Å²) in [5, 5.41) is 3.39. The van der Waals surface area contributed by atoms with E-state index >= 15 is 0 Å². The number of hydrogen-bond acceptors (Lipinski definition) is 4. The number of amides is 2. The molecular weight excluding hydrogens is 452 g/mol. The maximum absolute atomic E-state index is 14.0. The Morgan fingerprint density at radius 2 is 1.72 bits per heavy atom. The fraction of sp³-hybridized carbons (Fsp3) is 0.655. The monoisotopic (exact) mass is 494 g/mol. The first-order valence-electron chi connectivity index (χ1n) is 14.1. The third-order valence-electron chi connectivity index (χ3n) is 8.76. The molecule has 0 unspecified atom stereocenters. The van der Waals surface area contributed by atoms with Gasteiger partial charge in [-0.1, -0.05) is 38.5 Å². The van der Waals surface area contributed by atoms with E-state index in [1.54, 1.807) is 6.26 Å². The Hall–Kier alpha value is -2.54. The fourth-order valence-corrected chi connectivity index (χ4v) is 6.42. The van der Waals surface area contributed by atoms with Crippen LogP contribution in [0.25, 0.3) is 11.5 Å². The molecule has 2 fully saturated rings. The molecule has 196 valence electrons. The second-order valence-corrected chi connectivity index (χ2v) is 11.3. The normalized spacial score (nSPS) is 26.3. The molecule has 0 bridgehead atoms. The summed E-state index contributed by atoms with van der Waals surface area (Å²) in [5.74, 6) is 0.615. The SMILES string of the molecule is C[C@@H]1CCCCN1CCN1C(=O)c2ccc(-c3ccco3)n2C[C@]1(C)C(=O)NC1CCCCCCC1. The molecule has 0 radical (unpaired) electrons. The van der Waals surface area contributed by atoms with Gasteiger partial charge in [0.1, 0.15) is 17.0 Å². The standard InChI is InChI=1S/C29H42N4O3/c1-22-11-8-9-17-31(22)18-19-33-27(34)25-16-15-24(26-14-10-20-36-26)32(25)21-29(33,2)28(35)30-23-12-6-4-3-5-7-13-23/h10,14-16,20,22-23H,3-9,11-13,17-19,21H2,1-2H3,(H,30,35)/t22-,29-/m1/s1. The maximum Gasteiger partial charge on any atom is 0.271 e. The van der Waals surface area contributed by atoms with Gasteiger partial charge in [0.05, 0.1) is 18.5 Å². The van der Waals surface area contributed by atoms with Crippen LogP contribution in [0.5, 0.6) is 0 Å². The number of carbonyl (C=O) groups excluding carboxylic acids is 2. The van der Waals surface area contributed by atoms with E-state index in [0.29, 0.717) is 30.6 Å². The van der Waals surface area contributed by atoms with Crippen molar-refractivity contribution >= 4 is 11.8 Å². The number of nitrogens with one attached hydrogen (secondary N) is 1. The Morgan fingerprint density at radius 1 is 1.00 bits per heavy atom. The third-order valence-corrected chi connectivity index (χ3v) is 8.76. The molecule has 36 heavy (non-hydrogen) atoms. The van der Waals surface area contributed by atoms with E-state index in [0.717, 1.165) is 44.5 Å². The molecule has 2 amide bonds. The number of nitrogens with zero attached hydrogens (tertiary/aromatic N) is 3. The molecular formula is C29H42N4O3. The molecule has 1 saturated heterocycles. The van der Waals surface area contributed by atoms with Gasteiger partial charge in [-0.05, 0) is 70.3 Å². The van der Waals surface area contributed by atoms with E-state index in [1.165, 1.54) is 38.5 Å². The van der Waals surface area contributed by atoms with Gasteiger partial charge in [0.15, 0.2) is 0 Å². The predicted octanol–water partition coefficient (Wildman–Crippen LogP) is 5.07. The quantitative estimate of drug-likeness (QED) is 0.609. The molecule has 2 aliphatic heterocycles. The van der Waals surface area contributed by atoms with Crippen molar-refractivity contribution in [2.24, 2.45) is 0 Å². The number of furan rings is 1. The topological polar surface area (TPSA) is 70.7 Å². The van der Waals surface area contributed by atoms with E-state index in [9.17, 15) is 9.59 Å². The Balaban J connectivity index is 1.42. The van der Waals surface area contributed by atoms with E-state index in [4.69, 9.17) is 4.42 Å². The lowest BCUT2D eigenvalue weighted by molar-refractivity contribution is -0.134. The summed E-state index contributed by atoms with van der Waals surface area (Å²) < 4.78 is 7.65. The molecule has 7 heteroatoms. The highest BCUT2D eigenvalue weighted by Crippen LogP contribution is 2.34. The van der Waals surface area contributed by atoms with Crippen molar-refractivity contribution in [2.45, 2.75) is 102 Å². The highest BCUT2D eigenvalue weighted by atomic mass is 16.3. The zero-order chi connectivity index (χ0) is 25.1. The fourth-order valence-electron chi connectivity index (χ4n) is 6.42. The predicted molar refractivity (Wildman–Crippen MR) is 141 cm³/mol. The summed E-state index contributed by atoms with van der Waals surface area (Å²) in [5.41, 5.74) is 0.508. The van der Waals surface area contributed by atoms with Gasteiger partial charge in [0, 0.05) is 25.2 Å². The van der Waals surface area contributed by atoms with Crippen molar-refractivity contribution in [1.29, 1.82) is 0 Å². The van der Waals surface area contributed by atoms with Crippen LogP contribution in [0.15, 0.2) is 34.9 Å². The Morgan fingerprint density at radius 3 is 2.44 bits per heavy atom. The van der Waals surface area contributed by atoms with Crippen molar-refractivity contribution < 1.29 is 14.0 Å². The van der Waals surface area contributed by atoms with Crippen LogP contribution < -0.4 is 5.32 Å². The molecule has 0 spiro atoms. The van der Waals surface area contributed by atoms with E-state index in [1.807, 2.05) is 40.7 Å². The highest BCUT2D eigenvalue weighted by molar-refractivity contribution is 6.00. The van der Waals surface area contributed by atoms with Gasteiger partial charge < -0.3 is 19.2 Å².